The van der Waals surface area contributed by atoms with Gasteiger partial charge in [0.1, 0.15) is 15.9 Å². The lowest BCUT2D eigenvalue weighted by Gasteiger charge is -2.18. The molecule has 1 rings (SSSR count). The van der Waals surface area contributed by atoms with Gasteiger partial charge in [-0.3, -0.25) is 9.59 Å². The number of carbonyl (C=O) groups is 3. The summed E-state index contributed by atoms with van der Waals surface area (Å²) in [4.78, 5) is 36.3. The van der Waals surface area contributed by atoms with Crippen LogP contribution in [0, 0.1) is 6.92 Å². The third kappa shape index (κ3) is 9.18. The van der Waals surface area contributed by atoms with E-state index >= 15 is 0 Å². The zero-order valence-electron chi connectivity index (χ0n) is 15.9. The molecule has 8 nitrogen and oxygen atoms in total. The number of hydrogen-bond acceptors (Lipinski definition) is 6. The fourth-order valence-electron chi connectivity index (χ4n) is 2.21. The standard InChI is InChI=1S/C18H26N2O6S/c1-12(2)19-16(21)11-26-18(23)15(8-9-27(4,24)25)20-17(22)14-7-5-6-13(3)10-14/h5-7,10,12,15H,8-9,11H2,1-4H3,(H,19,21)(H,20,22)/t15-/m0/s1. The van der Waals surface area contributed by atoms with Gasteiger partial charge in [-0.2, -0.15) is 0 Å². The van der Waals surface area contributed by atoms with E-state index in [4.69, 9.17) is 4.74 Å². The SMILES string of the molecule is Cc1cccc(C(=O)N[C@@H](CCS(C)(=O)=O)C(=O)OCC(=O)NC(C)C)c1. The third-order valence-corrected chi connectivity index (χ3v) is 4.42. The van der Waals surface area contributed by atoms with Gasteiger partial charge in [0.15, 0.2) is 6.61 Å². The molecule has 0 aliphatic carbocycles. The molecule has 9 heteroatoms. The van der Waals surface area contributed by atoms with Crippen molar-refractivity contribution in [2.24, 2.45) is 0 Å². The van der Waals surface area contributed by atoms with Gasteiger partial charge in [-0.05, 0) is 39.3 Å². The first-order chi connectivity index (χ1) is 12.5. The molecule has 0 aromatic heterocycles. The maximum absolute atomic E-state index is 12.4. The van der Waals surface area contributed by atoms with Gasteiger partial charge in [0.2, 0.25) is 0 Å². The molecule has 0 radical (unpaired) electrons. The van der Waals surface area contributed by atoms with Gasteiger partial charge in [-0.15, -0.1) is 0 Å². The van der Waals surface area contributed by atoms with Crippen molar-refractivity contribution < 1.29 is 27.5 Å². The average Bonchev–Trinajstić information content (AvgIpc) is 2.54. The van der Waals surface area contributed by atoms with E-state index in [1.54, 1.807) is 32.0 Å². The molecule has 1 aromatic carbocycles. The quantitative estimate of drug-likeness (QED) is 0.588. The molecular formula is C18H26N2O6S. The monoisotopic (exact) mass is 398 g/mol. The summed E-state index contributed by atoms with van der Waals surface area (Å²) >= 11 is 0. The predicted octanol–water partition coefficient (Wildman–Crippen LogP) is 0.596. The molecule has 27 heavy (non-hydrogen) atoms. The van der Waals surface area contributed by atoms with Crippen LogP contribution in [-0.2, 0) is 24.2 Å². The fourth-order valence-corrected chi connectivity index (χ4v) is 2.87. The van der Waals surface area contributed by atoms with Crippen molar-refractivity contribution in [2.45, 2.75) is 39.3 Å². The van der Waals surface area contributed by atoms with E-state index in [9.17, 15) is 22.8 Å². The molecule has 0 aliphatic heterocycles. The Morgan fingerprint density at radius 2 is 1.81 bits per heavy atom. The van der Waals surface area contributed by atoms with Gasteiger partial charge in [0.05, 0.1) is 5.75 Å². The summed E-state index contributed by atoms with van der Waals surface area (Å²) in [7, 11) is -3.35. The summed E-state index contributed by atoms with van der Waals surface area (Å²) in [6, 6.07) is 5.45. The second-order valence-corrected chi connectivity index (χ2v) is 8.90. The molecule has 0 saturated heterocycles. The van der Waals surface area contributed by atoms with Crippen LogP contribution in [0.3, 0.4) is 0 Å². The highest BCUT2D eigenvalue weighted by molar-refractivity contribution is 7.90. The highest BCUT2D eigenvalue weighted by atomic mass is 32.2. The second-order valence-electron chi connectivity index (χ2n) is 6.64. The van der Waals surface area contributed by atoms with Crippen LogP contribution in [0.15, 0.2) is 24.3 Å². The Morgan fingerprint density at radius 1 is 1.15 bits per heavy atom. The lowest BCUT2D eigenvalue weighted by atomic mass is 10.1. The van der Waals surface area contributed by atoms with E-state index in [0.29, 0.717) is 5.56 Å². The van der Waals surface area contributed by atoms with Crippen LogP contribution in [0.4, 0.5) is 0 Å². The summed E-state index contributed by atoms with van der Waals surface area (Å²) in [5, 5.41) is 5.05. The smallest absolute Gasteiger partial charge is 0.329 e. The van der Waals surface area contributed by atoms with Crippen molar-refractivity contribution in [1.82, 2.24) is 10.6 Å². The number of ether oxygens (including phenoxy) is 1. The number of hydrogen-bond donors (Lipinski definition) is 2. The van der Waals surface area contributed by atoms with Crippen LogP contribution in [0.25, 0.3) is 0 Å². The highest BCUT2D eigenvalue weighted by Gasteiger charge is 2.25. The lowest BCUT2D eigenvalue weighted by molar-refractivity contribution is -0.150. The second kappa shape index (κ2) is 10.1. The van der Waals surface area contributed by atoms with Crippen LogP contribution in [-0.4, -0.2) is 56.9 Å². The molecule has 0 fully saturated rings. The minimum atomic E-state index is -3.35. The maximum Gasteiger partial charge on any atom is 0.329 e. The van der Waals surface area contributed by atoms with E-state index in [1.165, 1.54) is 0 Å². The first-order valence-corrected chi connectivity index (χ1v) is 10.5. The van der Waals surface area contributed by atoms with Crippen molar-refractivity contribution in [2.75, 3.05) is 18.6 Å². The normalized spacial score (nSPS) is 12.3. The zero-order chi connectivity index (χ0) is 20.6. The number of amides is 2. The summed E-state index contributed by atoms with van der Waals surface area (Å²) in [5.41, 5.74) is 1.20. The Bertz CT molecular complexity index is 789. The molecule has 150 valence electrons. The summed E-state index contributed by atoms with van der Waals surface area (Å²) in [5.74, 6) is -2.18. The molecule has 2 N–H and O–H groups in total. The Hall–Kier alpha value is -2.42. The molecular weight excluding hydrogens is 372 g/mol. The van der Waals surface area contributed by atoms with Crippen LogP contribution in [0.2, 0.25) is 0 Å². The van der Waals surface area contributed by atoms with Crippen molar-refractivity contribution in [1.29, 1.82) is 0 Å². The van der Waals surface area contributed by atoms with Gasteiger partial charge in [-0.1, -0.05) is 17.7 Å². The molecule has 0 aliphatic rings. The Balaban J connectivity index is 2.80. The van der Waals surface area contributed by atoms with Gasteiger partial charge in [0.25, 0.3) is 11.8 Å². The predicted molar refractivity (Wildman–Crippen MR) is 101 cm³/mol. The minimum absolute atomic E-state index is 0.113. The first-order valence-electron chi connectivity index (χ1n) is 8.49. The van der Waals surface area contributed by atoms with E-state index in [1.807, 2.05) is 13.0 Å². The fraction of sp³-hybridized carbons (Fsp3) is 0.500. The van der Waals surface area contributed by atoms with E-state index in [0.717, 1.165) is 11.8 Å². The molecule has 0 heterocycles. The summed E-state index contributed by atoms with van der Waals surface area (Å²) in [6.07, 6.45) is 0.884. The molecule has 2 amide bonds. The Kier molecular flexibility index (Phi) is 8.42. The molecule has 1 atom stereocenters. The van der Waals surface area contributed by atoms with Crippen molar-refractivity contribution in [3.05, 3.63) is 35.4 Å². The average molecular weight is 398 g/mol. The summed E-state index contributed by atoms with van der Waals surface area (Å²) in [6.45, 7) is 4.83. The zero-order valence-corrected chi connectivity index (χ0v) is 16.8. The topological polar surface area (TPSA) is 119 Å². The summed E-state index contributed by atoms with van der Waals surface area (Å²) < 4.78 is 27.8. The number of rotatable bonds is 9. The van der Waals surface area contributed by atoms with Gasteiger partial charge in [0, 0.05) is 17.9 Å². The van der Waals surface area contributed by atoms with Gasteiger partial charge in [-0.25, -0.2) is 13.2 Å². The van der Waals surface area contributed by atoms with E-state index < -0.39 is 40.3 Å². The van der Waals surface area contributed by atoms with Crippen molar-refractivity contribution in [3.63, 3.8) is 0 Å². The number of carbonyl (C=O) groups excluding carboxylic acids is 3. The first kappa shape index (κ1) is 22.6. The number of aryl methyl sites for hydroxylation is 1. The van der Waals surface area contributed by atoms with Crippen LogP contribution < -0.4 is 10.6 Å². The van der Waals surface area contributed by atoms with Crippen molar-refractivity contribution >= 4 is 27.6 Å². The van der Waals surface area contributed by atoms with Crippen molar-refractivity contribution in [3.8, 4) is 0 Å². The number of esters is 1. The van der Waals surface area contributed by atoms with Crippen LogP contribution in [0.1, 0.15) is 36.2 Å². The largest absolute Gasteiger partial charge is 0.454 e. The van der Waals surface area contributed by atoms with E-state index in [2.05, 4.69) is 10.6 Å². The van der Waals surface area contributed by atoms with E-state index in [-0.39, 0.29) is 18.2 Å². The Labute approximate surface area is 159 Å². The lowest BCUT2D eigenvalue weighted by Crippen LogP contribution is -2.44. The number of nitrogens with one attached hydrogen (secondary N) is 2. The number of benzene rings is 1. The Morgan fingerprint density at radius 3 is 2.37 bits per heavy atom. The van der Waals surface area contributed by atoms with Crippen LogP contribution >= 0.6 is 0 Å². The molecule has 0 spiro atoms. The number of sulfone groups is 1. The molecule has 0 bridgehead atoms. The minimum Gasteiger partial charge on any atom is -0.454 e. The molecule has 0 unspecified atom stereocenters. The van der Waals surface area contributed by atoms with Crippen LogP contribution in [0.5, 0.6) is 0 Å². The molecule has 1 aromatic rings. The molecule has 0 saturated carbocycles. The third-order valence-electron chi connectivity index (χ3n) is 3.44. The van der Waals surface area contributed by atoms with Gasteiger partial charge < -0.3 is 15.4 Å². The maximum atomic E-state index is 12.4. The van der Waals surface area contributed by atoms with Gasteiger partial charge >= 0.3 is 5.97 Å². The highest BCUT2D eigenvalue weighted by Crippen LogP contribution is 2.06.